The van der Waals surface area contributed by atoms with Gasteiger partial charge in [-0.25, -0.2) is 0 Å². The molecule has 3 heteroatoms. The van der Waals surface area contributed by atoms with E-state index in [4.69, 9.17) is 0 Å². The average Bonchev–Trinajstić information content (AvgIpc) is 3.40. The molecule has 0 saturated carbocycles. The number of anilines is 3. The highest BCUT2D eigenvalue weighted by molar-refractivity contribution is 7.33. The summed E-state index contributed by atoms with van der Waals surface area (Å²) in [5, 5.41) is 1.38. The van der Waals surface area contributed by atoms with Crippen LogP contribution in [0.2, 0.25) is 0 Å². The van der Waals surface area contributed by atoms with Gasteiger partial charge in [0.25, 0.3) is 6.71 Å². The molecule has 8 rings (SSSR count). The van der Waals surface area contributed by atoms with E-state index in [1.807, 2.05) is 11.3 Å². The fraction of sp³-hybridized carbons (Fsp3) is 0.366. The zero-order valence-electron chi connectivity index (χ0n) is 28.1. The summed E-state index contributed by atoms with van der Waals surface area (Å²) in [5.74, 6) is 0. The molecule has 0 radical (unpaired) electrons. The minimum Gasteiger partial charge on any atom is -0.310 e. The number of hydrogen-bond donors (Lipinski definition) is 0. The van der Waals surface area contributed by atoms with Gasteiger partial charge < -0.3 is 4.90 Å². The van der Waals surface area contributed by atoms with E-state index in [1.165, 1.54) is 71.5 Å². The van der Waals surface area contributed by atoms with Crippen LogP contribution in [0.3, 0.4) is 0 Å². The molecule has 0 atom stereocenters. The van der Waals surface area contributed by atoms with Gasteiger partial charge in [0, 0.05) is 31.7 Å². The average molecular weight is 594 g/mol. The first kappa shape index (κ1) is 28.2. The maximum absolute atomic E-state index is 2.65. The molecule has 4 aromatic carbocycles. The molecule has 1 nitrogen and oxygen atoms in total. The monoisotopic (exact) mass is 593 g/mol. The second-order valence-corrected chi connectivity index (χ2v) is 17.8. The normalized spacial score (nSPS) is 18.6. The quantitative estimate of drug-likeness (QED) is 0.172. The van der Waals surface area contributed by atoms with Gasteiger partial charge in [-0.15, -0.1) is 11.3 Å². The number of thiophene rings is 1. The van der Waals surface area contributed by atoms with Crippen molar-refractivity contribution in [2.45, 2.75) is 97.3 Å². The Morgan fingerprint density at radius 1 is 0.750 bits per heavy atom. The van der Waals surface area contributed by atoms with Gasteiger partial charge in [0.2, 0.25) is 0 Å². The van der Waals surface area contributed by atoms with Crippen LogP contribution in [0.5, 0.6) is 0 Å². The second-order valence-electron chi connectivity index (χ2n) is 16.7. The molecule has 222 valence electrons. The number of benzene rings is 4. The second kappa shape index (κ2) is 8.70. The largest absolute Gasteiger partial charge is 0.310 e. The summed E-state index contributed by atoms with van der Waals surface area (Å²) in [4.78, 5) is 2.59. The molecule has 3 heterocycles. The van der Waals surface area contributed by atoms with Crippen LogP contribution in [0.4, 0.5) is 17.1 Å². The Bertz CT molecular complexity index is 2020. The van der Waals surface area contributed by atoms with Gasteiger partial charge >= 0.3 is 0 Å². The molecule has 1 aromatic heterocycles. The maximum Gasteiger partial charge on any atom is 0.260 e. The lowest BCUT2D eigenvalue weighted by Crippen LogP contribution is -2.63. The van der Waals surface area contributed by atoms with Crippen molar-refractivity contribution in [2.75, 3.05) is 4.90 Å². The number of nitrogens with zero attached hydrogens (tertiary/aromatic N) is 1. The number of fused-ring (bicyclic) bond motifs is 7. The molecule has 5 aromatic rings. The zero-order chi connectivity index (χ0) is 31.1. The lowest BCUT2D eigenvalue weighted by molar-refractivity contribution is 0.403. The van der Waals surface area contributed by atoms with Gasteiger partial charge in [0.05, 0.1) is 5.69 Å². The number of hydrogen-bond acceptors (Lipinski definition) is 2. The molecule has 1 aliphatic carbocycles. The smallest absolute Gasteiger partial charge is 0.260 e. The summed E-state index contributed by atoms with van der Waals surface area (Å²) in [7, 11) is 0. The highest BCUT2D eigenvalue weighted by Gasteiger charge is 2.50. The van der Waals surface area contributed by atoms with E-state index in [-0.39, 0.29) is 28.4 Å². The molecular formula is C41H44BNS. The predicted octanol–water partition coefficient (Wildman–Crippen LogP) is 9.40. The molecule has 0 saturated heterocycles. The SMILES string of the molecule is Cc1ccc(N2c3cccc4c3B(c3cc5c(cc3C4(C)C)C(C)(C)CC5(C)C)c3sc4ccc(C(C)(C)C)cc4c32)cc1. The molecular weight excluding hydrogens is 549 g/mol. The summed E-state index contributed by atoms with van der Waals surface area (Å²) >= 11 is 2.01. The van der Waals surface area contributed by atoms with Crippen LogP contribution >= 0.6 is 11.3 Å². The van der Waals surface area contributed by atoms with E-state index in [0.29, 0.717) is 0 Å². The first-order valence-corrected chi connectivity index (χ1v) is 17.2. The Morgan fingerprint density at radius 2 is 1.43 bits per heavy atom. The van der Waals surface area contributed by atoms with Crippen molar-refractivity contribution in [3.8, 4) is 0 Å². The minimum atomic E-state index is -0.0957. The third kappa shape index (κ3) is 3.71. The van der Waals surface area contributed by atoms with Crippen molar-refractivity contribution < 1.29 is 0 Å². The highest BCUT2D eigenvalue weighted by atomic mass is 32.1. The third-order valence-electron chi connectivity index (χ3n) is 11.1. The van der Waals surface area contributed by atoms with Crippen molar-refractivity contribution in [3.05, 3.63) is 106 Å². The topological polar surface area (TPSA) is 3.24 Å². The van der Waals surface area contributed by atoms with Crippen molar-refractivity contribution in [2.24, 2.45) is 0 Å². The van der Waals surface area contributed by atoms with Crippen LogP contribution in [-0.4, -0.2) is 6.71 Å². The molecule has 0 amide bonds. The van der Waals surface area contributed by atoms with E-state index in [0.717, 1.165) is 0 Å². The predicted molar refractivity (Wildman–Crippen MR) is 194 cm³/mol. The molecule has 0 bridgehead atoms. The Labute approximate surface area is 268 Å². The van der Waals surface area contributed by atoms with Gasteiger partial charge in [-0.1, -0.05) is 116 Å². The summed E-state index contributed by atoms with van der Waals surface area (Å²) in [6.45, 7) is 24.1. The first-order chi connectivity index (χ1) is 20.6. The minimum absolute atomic E-state index is 0.0812. The zero-order valence-corrected chi connectivity index (χ0v) is 28.9. The fourth-order valence-electron chi connectivity index (χ4n) is 9.06. The number of rotatable bonds is 1. The fourth-order valence-corrected chi connectivity index (χ4v) is 10.4. The van der Waals surface area contributed by atoms with Gasteiger partial charge in [-0.3, -0.25) is 0 Å². The Balaban J connectivity index is 1.50. The van der Waals surface area contributed by atoms with E-state index in [1.54, 1.807) is 11.1 Å². The van der Waals surface area contributed by atoms with Crippen LogP contribution < -0.4 is 20.6 Å². The van der Waals surface area contributed by atoms with Crippen LogP contribution in [0.25, 0.3) is 10.1 Å². The molecule has 2 aliphatic heterocycles. The van der Waals surface area contributed by atoms with Crippen LogP contribution in [0, 0.1) is 6.92 Å². The lowest BCUT2D eigenvalue weighted by atomic mass is 9.32. The summed E-state index contributed by atoms with van der Waals surface area (Å²) < 4.78 is 2.86. The van der Waals surface area contributed by atoms with Crippen LogP contribution in [-0.2, 0) is 21.7 Å². The first-order valence-electron chi connectivity index (χ1n) is 16.4. The summed E-state index contributed by atoms with van der Waals surface area (Å²) in [6.07, 6.45) is 1.19. The Morgan fingerprint density at radius 3 is 2.11 bits per heavy atom. The van der Waals surface area contributed by atoms with Crippen LogP contribution in [0.15, 0.2) is 72.8 Å². The molecule has 0 fully saturated rings. The standard InChI is InChI=1S/C41H44BNS/c1-24-14-17-26(18-15-24)43-33-13-11-12-28-35(33)42(37-36(43)27-20-25(38(2,3)4)16-19-34(27)44-37)32-22-30-29(21-31(32)41(28,9)10)39(5,6)23-40(30,7)8/h11-22H,23H2,1-10H3. The Hall–Kier alpha value is -3.30. The molecule has 0 N–H and O–H groups in total. The van der Waals surface area contributed by atoms with Crippen molar-refractivity contribution in [1.82, 2.24) is 0 Å². The van der Waals surface area contributed by atoms with Crippen molar-refractivity contribution in [1.29, 1.82) is 0 Å². The molecule has 44 heavy (non-hydrogen) atoms. The van der Waals surface area contributed by atoms with Gasteiger partial charge in [-0.05, 0) is 93.2 Å². The van der Waals surface area contributed by atoms with E-state index in [2.05, 4.69) is 147 Å². The molecule has 3 aliphatic rings. The summed E-state index contributed by atoms with van der Waals surface area (Å²) in [5.41, 5.74) is 16.1. The number of aryl methyl sites for hydroxylation is 1. The van der Waals surface area contributed by atoms with Crippen molar-refractivity contribution in [3.63, 3.8) is 0 Å². The Kier molecular flexibility index (Phi) is 5.57. The molecule has 0 unspecified atom stereocenters. The highest BCUT2D eigenvalue weighted by Crippen LogP contribution is 2.52. The van der Waals surface area contributed by atoms with Gasteiger partial charge in [0.15, 0.2) is 0 Å². The van der Waals surface area contributed by atoms with Gasteiger partial charge in [0.1, 0.15) is 0 Å². The summed E-state index contributed by atoms with van der Waals surface area (Å²) in [6, 6.07) is 28.8. The van der Waals surface area contributed by atoms with Crippen molar-refractivity contribution >= 4 is 60.9 Å². The molecule has 0 spiro atoms. The maximum atomic E-state index is 2.65. The van der Waals surface area contributed by atoms with E-state index < -0.39 is 0 Å². The lowest BCUT2D eigenvalue weighted by Gasteiger charge is -2.45. The van der Waals surface area contributed by atoms with Gasteiger partial charge in [-0.2, -0.15) is 0 Å². The van der Waals surface area contributed by atoms with E-state index >= 15 is 0 Å². The van der Waals surface area contributed by atoms with Crippen LogP contribution in [0.1, 0.15) is 102 Å². The van der Waals surface area contributed by atoms with E-state index in [9.17, 15) is 0 Å². The third-order valence-corrected chi connectivity index (χ3v) is 12.4.